The summed E-state index contributed by atoms with van der Waals surface area (Å²) >= 11 is 0. The van der Waals surface area contributed by atoms with Crippen LogP contribution in [0, 0.1) is 0 Å². The minimum absolute atomic E-state index is 0.0295. The molecule has 0 aliphatic carbocycles. The third-order valence-corrected chi connectivity index (χ3v) is 6.02. The zero-order chi connectivity index (χ0) is 22.8. The molecule has 1 saturated heterocycles. The lowest BCUT2D eigenvalue weighted by Crippen LogP contribution is -2.55. The number of hydrogen-bond donors (Lipinski definition) is 2. The van der Waals surface area contributed by atoms with E-state index in [2.05, 4.69) is 9.88 Å². The lowest BCUT2D eigenvalue weighted by molar-refractivity contribution is -0.119. The third-order valence-electron chi connectivity index (χ3n) is 6.02. The standard InChI is InChI=1S/C22H34N4O5/c1-22(2,3)26(21(29)30)16-9-11-24(12-10-16)13-17(27)14-25-19(28)8-6-15-5-7-18(31-4)23-20(15)25/h5,7,16-17,27H,6,8-14H2,1-4H3,(H,29,30). The Morgan fingerprint density at radius 3 is 2.52 bits per heavy atom. The van der Waals surface area contributed by atoms with Crippen molar-refractivity contribution < 1.29 is 24.5 Å². The number of fused-ring (bicyclic) bond motifs is 1. The molecule has 1 fully saturated rings. The number of aromatic nitrogens is 1. The molecule has 3 rings (SSSR count). The van der Waals surface area contributed by atoms with Gasteiger partial charge in [-0.15, -0.1) is 0 Å². The Kier molecular flexibility index (Phi) is 7.06. The molecule has 2 aliphatic heterocycles. The quantitative estimate of drug-likeness (QED) is 0.705. The molecule has 1 aromatic heterocycles. The number of carbonyl (C=O) groups excluding carboxylic acids is 1. The zero-order valence-electron chi connectivity index (χ0n) is 18.9. The minimum Gasteiger partial charge on any atom is -0.481 e. The summed E-state index contributed by atoms with van der Waals surface area (Å²) in [4.78, 5) is 33.9. The lowest BCUT2D eigenvalue weighted by atomic mass is 9.96. The smallest absolute Gasteiger partial charge is 0.407 e. The van der Waals surface area contributed by atoms with Crippen LogP contribution in [0.25, 0.3) is 0 Å². The number of nitrogens with zero attached hydrogens (tertiary/aromatic N) is 4. The first kappa shape index (κ1) is 23.3. The number of amides is 2. The number of likely N-dealkylation sites (tertiary alicyclic amines) is 1. The summed E-state index contributed by atoms with van der Waals surface area (Å²) in [5, 5.41) is 20.3. The molecule has 1 atom stereocenters. The molecule has 1 aromatic rings. The minimum atomic E-state index is -0.892. The largest absolute Gasteiger partial charge is 0.481 e. The lowest BCUT2D eigenvalue weighted by Gasteiger charge is -2.44. The summed E-state index contributed by atoms with van der Waals surface area (Å²) in [7, 11) is 1.54. The summed E-state index contributed by atoms with van der Waals surface area (Å²) in [5.74, 6) is 0.959. The average Bonchev–Trinajstić information content (AvgIpc) is 2.70. The van der Waals surface area contributed by atoms with Crippen LogP contribution < -0.4 is 9.64 Å². The van der Waals surface area contributed by atoms with E-state index in [9.17, 15) is 19.8 Å². The molecule has 0 saturated carbocycles. The van der Waals surface area contributed by atoms with Gasteiger partial charge in [0.2, 0.25) is 11.8 Å². The number of aryl methyl sites for hydroxylation is 1. The van der Waals surface area contributed by atoms with Crippen molar-refractivity contribution in [2.24, 2.45) is 0 Å². The van der Waals surface area contributed by atoms with Gasteiger partial charge in [-0.3, -0.25) is 9.69 Å². The molecule has 9 heteroatoms. The Morgan fingerprint density at radius 1 is 1.26 bits per heavy atom. The van der Waals surface area contributed by atoms with Gasteiger partial charge in [0.25, 0.3) is 0 Å². The van der Waals surface area contributed by atoms with Crippen LogP contribution in [0.4, 0.5) is 10.6 Å². The number of carbonyl (C=O) groups is 2. The highest BCUT2D eigenvalue weighted by Gasteiger charge is 2.36. The molecule has 0 aromatic carbocycles. The third kappa shape index (κ3) is 5.46. The second kappa shape index (κ2) is 9.40. The number of carboxylic acid groups (broad SMARTS) is 1. The van der Waals surface area contributed by atoms with Crippen molar-refractivity contribution >= 4 is 17.8 Å². The van der Waals surface area contributed by atoms with Crippen LogP contribution in [0.3, 0.4) is 0 Å². The van der Waals surface area contributed by atoms with Crippen molar-refractivity contribution in [2.45, 2.75) is 64.1 Å². The van der Waals surface area contributed by atoms with Crippen LogP contribution in [0.15, 0.2) is 12.1 Å². The second-order valence-corrected chi connectivity index (χ2v) is 9.35. The van der Waals surface area contributed by atoms with E-state index in [1.54, 1.807) is 15.9 Å². The average molecular weight is 435 g/mol. The van der Waals surface area contributed by atoms with Crippen molar-refractivity contribution in [1.29, 1.82) is 0 Å². The van der Waals surface area contributed by atoms with Crippen molar-refractivity contribution in [3.8, 4) is 5.88 Å². The summed E-state index contributed by atoms with van der Waals surface area (Å²) < 4.78 is 5.19. The topological polar surface area (TPSA) is 106 Å². The molecule has 172 valence electrons. The number of pyridine rings is 1. The predicted molar refractivity (Wildman–Crippen MR) is 117 cm³/mol. The van der Waals surface area contributed by atoms with Gasteiger partial charge < -0.3 is 24.7 Å². The monoisotopic (exact) mass is 434 g/mol. The van der Waals surface area contributed by atoms with Crippen LogP contribution in [0.2, 0.25) is 0 Å². The van der Waals surface area contributed by atoms with Crippen molar-refractivity contribution in [3.63, 3.8) is 0 Å². The van der Waals surface area contributed by atoms with Crippen molar-refractivity contribution in [2.75, 3.05) is 38.2 Å². The number of anilines is 1. The van der Waals surface area contributed by atoms with Crippen molar-refractivity contribution in [1.82, 2.24) is 14.8 Å². The number of hydrogen-bond acceptors (Lipinski definition) is 6. The molecular weight excluding hydrogens is 400 g/mol. The summed E-state index contributed by atoms with van der Waals surface area (Å²) in [6.07, 6.45) is 0.866. The highest BCUT2D eigenvalue weighted by molar-refractivity contribution is 5.95. The first-order valence-electron chi connectivity index (χ1n) is 10.9. The number of aliphatic hydroxyl groups is 1. The van der Waals surface area contributed by atoms with E-state index < -0.39 is 17.7 Å². The summed E-state index contributed by atoms with van der Waals surface area (Å²) in [5.41, 5.74) is 0.526. The van der Waals surface area contributed by atoms with Gasteiger partial charge in [-0.2, -0.15) is 4.98 Å². The van der Waals surface area contributed by atoms with E-state index in [4.69, 9.17) is 4.74 Å². The highest BCUT2D eigenvalue weighted by Crippen LogP contribution is 2.29. The predicted octanol–water partition coefficient (Wildman–Crippen LogP) is 1.97. The van der Waals surface area contributed by atoms with E-state index in [-0.39, 0.29) is 18.5 Å². The summed E-state index contributed by atoms with van der Waals surface area (Å²) in [6, 6.07) is 3.67. The van der Waals surface area contributed by atoms with Gasteiger partial charge in [-0.05, 0) is 51.7 Å². The molecule has 0 radical (unpaired) electrons. The Bertz CT molecular complexity index is 802. The van der Waals surface area contributed by atoms with E-state index in [0.29, 0.717) is 44.2 Å². The maximum atomic E-state index is 12.5. The molecule has 0 bridgehead atoms. The summed E-state index contributed by atoms with van der Waals surface area (Å²) in [6.45, 7) is 7.75. The maximum absolute atomic E-state index is 12.5. The SMILES string of the molecule is COc1ccc2c(n1)N(CC(O)CN1CCC(N(C(=O)O)C(C)(C)C)CC1)C(=O)CC2. The highest BCUT2D eigenvalue weighted by atomic mass is 16.5. The molecule has 2 amide bonds. The zero-order valence-corrected chi connectivity index (χ0v) is 18.9. The Balaban J connectivity index is 1.58. The fourth-order valence-corrected chi connectivity index (χ4v) is 4.60. The molecule has 2 aliphatic rings. The molecule has 31 heavy (non-hydrogen) atoms. The van der Waals surface area contributed by atoms with Gasteiger partial charge >= 0.3 is 6.09 Å². The fourth-order valence-electron chi connectivity index (χ4n) is 4.60. The van der Waals surface area contributed by atoms with Gasteiger partial charge in [0.1, 0.15) is 5.82 Å². The number of rotatable bonds is 6. The van der Waals surface area contributed by atoms with Gasteiger partial charge in [0.05, 0.1) is 19.8 Å². The van der Waals surface area contributed by atoms with E-state index in [1.807, 2.05) is 26.8 Å². The van der Waals surface area contributed by atoms with E-state index >= 15 is 0 Å². The molecular formula is C22H34N4O5. The second-order valence-electron chi connectivity index (χ2n) is 9.35. The van der Waals surface area contributed by atoms with Crippen LogP contribution in [0.1, 0.15) is 45.6 Å². The number of methoxy groups -OCH3 is 1. The number of aliphatic hydroxyl groups excluding tert-OH is 1. The van der Waals surface area contributed by atoms with Crippen LogP contribution in [-0.2, 0) is 11.2 Å². The van der Waals surface area contributed by atoms with Gasteiger partial charge in [-0.1, -0.05) is 0 Å². The molecule has 3 heterocycles. The Morgan fingerprint density at radius 2 is 1.94 bits per heavy atom. The number of β-amino-alcohol motifs (C(OH)–C–C–N with tert-alkyl or cyclic N) is 1. The number of ether oxygens (including phenoxy) is 1. The van der Waals surface area contributed by atoms with Crippen LogP contribution in [-0.4, -0.2) is 88.0 Å². The van der Waals surface area contributed by atoms with E-state index in [1.165, 1.54) is 7.11 Å². The molecule has 0 spiro atoms. The molecule has 2 N–H and O–H groups in total. The van der Waals surface area contributed by atoms with Gasteiger partial charge in [0, 0.05) is 43.7 Å². The first-order valence-corrected chi connectivity index (χ1v) is 10.9. The molecule has 9 nitrogen and oxygen atoms in total. The Hall–Kier alpha value is -2.39. The normalized spacial score (nSPS) is 19.1. The Labute approximate surface area is 183 Å². The maximum Gasteiger partial charge on any atom is 0.407 e. The van der Waals surface area contributed by atoms with Gasteiger partial charge in [0.15, 0.2) is 0 Å². The first-order chi connectivity index (χ1) is 14.6. The van der Waals surface area contributed by atoms with E-state index in [0.717, 1.165) is 18.4 Å². The molecule has 1 unspecified atom stereocenters. The van der Waals surface area contributed by atoms with Gasteiger partial charge in [-0.25, -0.2) is 4.79 Å². The van der Waals surface area contributed by atoms with Crippen molar-refractivity contribution in [3.05, 3.63) is 17.7 Å². The van der Waals surface area contributed by atoms with Crippen LogP contribution >= 0.6 is 0 Å². The fraction of sp³-hybridized carbons (Fsp3) is 0.682. The van der Waals surface area contributed by atoms with Crippen LogP contribution in [0.5, 0.6) is 5.88 Å². The number of piperidine rings is 1.